The van der Waals surface area contributed by atoms with Crippen LogP contribution in [0.4, 0.5) is 18.9 Å². The van der Waals surface area contributed by atoms with Crippen molar-refractivity contribution in [1.82, 2.24) is 15.0 Å². The molecular weight excluding hydrogens is 457 g/mol. The summed E-state index contributed by atoms with van der Waals surface area (Å²) in [4.78, 5) is 21.6. The molecule has 1 aliphatic carbocycles. The summed E-state index contributed by atoms with van der Waals surface area (Å²) in [5.74, 6) is 0.617. The van der Waals surface area contributed by atoms with Gasteiger partial charge < -0.3 is 14.3 Å². The molecule has 1 heterocycles. The lowest BCUT2D eigenvalue weighted by Crippen LogP contribution is -2.42. The Kier molecular flexibility index (Phi) is 7.42. The van der Waals surface area contributed by atoms with Crippen molar-refractivity contribution in [3.8, 4) is 11.4 Å². The number of nitrogens with zero attached hydrogens (tertiary/aromatic N) is 4. The fourth-order valence-electron chi connectivity index (χ4n) is 4.41. The average Bonchev–Trinajstić information content (AvgIpc) is 3.33. The van der Waals surface area contributed by atoms with E-state index in [0.717, 1.165) is 55.5 Å². The maximum Gasteiger partial charge on any atom is 0.416 e. The van der Waals surface area contributed by atoms with E-state index in [0.29, 0.717) is 24.7 Å². The Labute approximate surface area is 202 Å². The first-order chi connectivity index (χ1) is 16.7. The number of halogens is 3. The fraction of sp³-hybridized carbons (Fsp3) is 0.423. The lowest BCUT2D eigenvalue weighted by atomic mass is 9.93. The maximum absolute atomic E-state index is 13.3. The van der Waals surface area contributed by atoms with Crippen LogP contribution in [0.2, 0.25) is 0 Å². The van der Waals surface area contributed by atoms with Crippen LogP contribution in [0.25, 0.3) is 11.4 Å². The van der Waals surface area contributed by atoms with Gasteiger partial charge in [-0.15, -0.1) is 0 Å². The molecule has 186 valence electrons. The molecule has 0 aliphatic heterocycles. The van der Waals surface area contributed by atoms with Gasteiger partial charge in [0.05, 0.1) is 5.56 Å². The van der Waals surface area contributed by atoms with E-state index in [1.54, 1.807) is 4.90 Å². The second-order valence-electron chi connectivity index (χ2n) is 9.07. The quantitative estimate of drug-likeness (QED) is 0.420. The van der Waals surface area contributed by atoms with Gasteiger partial charge in [0, 0.05) is 49.9 Å². The highest BCUT2D eigenvalue weighted by Gasteiger charge is 2.31. The third-order valence-corrected chi connectivity index (χ3v) is 6.41. The van der Waals surface area contributed by atoms with E-state index >= 15 is 0 Å². The Bertz CT molecular complexity index is 1120. The molecule has 1 fully saturated rings. The van der Waals surface area contributed by atoms with Gasteiger partial charge in [0.15, 0.2) is 0 Å². The Morgan fingerprint density at radius 2 is 1.66 bits per heavy atom. The molecule has 9 heteroatoms. The molecule has 1 amide bonds. The molecule has 0 spiro atoms. The predicted molar refractivity (Wildman–Crippen MR) is 127 cm³/mol. The lowest BCUT2D eigenvalue weighted by molar-refractivity contribution is -0.137. The zero-order chi connectivity index (χ0) is 25.0. The van der Waals surface area contributed by atoms with Crippen molar-refractivity contribution in [2.24, 2.45) is 0 Å². The Morgan fingerprint density at radius 1 is 1.00 bits per heavy atom. The van der Waals surface area contributed by atoms with Crippen molar-refractivity contribution in [2.45, 2.75) is 50.7 Å². The van der Waals surface area contributed by atoms with Gasteiger partial charge in [0.2, 0.25) is 11.7 Å². The number of amides is 1. The van der Waals surface area contributed by atoms with Crippen molar-refractivity contribution in [2.75, 3.05) is 25.5 Å². The van der Waals surface area contributed by atoms with Crippen LogP contribution in [0.5, 0.6) is 0 Å². The fourth-order valence-corrected chi connectivity index (χ4v) is 4.41. The molecule has 4 rings (SSSR count). The van der Waals surface area contributed by atoms with Crippen molar-refractivity contribution >= 4 is 11.6 Å². The molecule has 35 heavy (non-hydrogen) atoms. The first-order valence-corrected chi connectivity index (χ1v) is 11.8. The summed E-state index contributed by atoms with van der Waals surface area (Å²) in [6.07, 6.45) is 0.848. The number of carbonyl (C=O) groups excluding carboxylic acids is 1. The minimum Gasteiger partial charge on any atom is -0.378 e. The normalized spacial score (nSPS) is 14.7. The summed E-state index contributed by atoms with van der Waals surface area (Å²) in [6.45, 7) is 0.353. The standard InChI is InChI=1S/C26H29F3N4O2/c1-32(2)21-14-10-18(11-15-21)24-30-23(35-31-24)16-17-33(22-6-4-3-5-7-22)25(34)19-8-12-20(13-9-19)26(27,28)29/h8-15,22H,3-7,16-17H2,1-2H3. The van der Waals surface area contributed by atoms with Crippen LogP contribution in [0, 0.1) is 0 Å². The number of benzene rings is 2. The number of hydrogen-bond donors (Lipinski definition) is 0. The van der Waals surface area contributed by atoms with Crippen LogP contribution in [0.15, 0.2) is 53.1 Å². The molecule has 0 bridgehead atoms. The largest absolute Gasteiger partial charge is 0.416 e. The van der Waals surface area contributed by atoms with Crippen LogP contribution in [-0.4, -0.2) is 47.6 Å². The number of anilines is 1. The van der Waals surface area contributed by atoms with E-state index in [1.165, 1.54) is 12.1 Å². The molecule has 0 unspecified atom stereocenters. The van der Waals surface area contributed by atoms with E-state index in [2.05, 4.69) is 10.1 Å². The second-order valence-corrected chi connectivity index (χ2v) is 9.07. The topological polar surface area (TPSA) is 62.5 Å². The first-order valence-electron chi connectivity index (χ1n) is 11.8. The third kappa shape index (κ3) is 6.01. The number of alkyl halides is 3. The molecule has 2 aromatic carbocycles. The summed E-state index contributed by atoms with van der Waals surface area (Å²) in [5.41, 5.74) is 1.36. The molecule has 0 N–H and O–H groups in total. The molecule has 0 radical (unpaired) electrons. The van der Waals surface area contributed by atoms with Crippen LogP contribution in [-0.2, 0) is 12.6 Å². The van der Waals surface area contributed by atoms with E-state index in [4.69, 9.17) is 4.52 Å². The molecule has 1 aliphatic rings. The van der Waals surface area contributed by atoms with E-state index in [1.807, 2.05) is 43.3 Å². The van der Waals surface area contributed by atoms with Crippen LogP contribution in [0.3, 0.4) is 0 Å². The highest BCUT2D eigenvalue weighted by Crippen LogP contribution is 2.30. The first kappa shape index (κ1) is 24.8. The Balaban J connectivity index is 1.48. The summed E-state index contributed by atoms with van der Waals surface area (Å²) in [7, 11) is 3.93. The smallest absolute Gasteiger partial charge is 0.378 e. The van der Waals surface area contributed by atoms with E-state index < -0.39 is 11.7 Å². The zero-order valence-electron chi connectivity index (χ0n) is 19.9. The third-order valence-electron chi connectivity index (χ3n) is 6.41. The van der Waals surface area contributed by atoms with Crippen LogP contribution in [0.1, 0.15) is 53.9 Å². The van der Waals surface area contributed by atoms with Crippen molar-refractivity contribution in [3.05, 3.63) is 65.5 Å². The number of carbonyl (C=O) groups is 1. The summed E-state index contributed by atoms with van der Waals surface area (Å²) in [6, 6.07) is 12.2. The van der Waals surface area contributed by atoms with Crippen molar-refractivity contribution in [3.63, 3.8) is 0 Å². The minimum absolute atomic E-state index is 0.0412. The summed E-state index contributed by atoms with van der Waals surface area (Å²) < 4.78 is 44.3. The summed E-state index contributed by atoms with van der Waals surface area (Å²) in [5, 5.41) is 4.08. The number of aromatic nitrogens is 2. The molecule has 1 saturated carbocycles. The van der Waals surface area contributed by atoms with Crippen molar-refractivity contribution in [1.29, 1.82) is 0 Å². The minimum atomic E-state index is -4.44. The lowest BCUT2D eigenvalue weighted by Gasteiger charge is -2.34. The van der Waals surface area contributed by atoms with Gasteiger partial charge in [-0.1, -0.05) is 24.4 Å². The molecule has 3 aromatic rings. The number of hydrogen-bond acceptors (Lipinski definition) is 5. The highest BCUT2D eigenvalue weighted by molar-refractivity contribution is 5.94. The molecule has 0 atom stereocenters. The second kappa shape index (κ2) is 10.5. The predicted octanol–water partition coefficient (Wildman–Crippen LogP) is 5.84. The van der Waals surface area contributed by atoms with Crippen LogP contribution >= 0.6 is 0 Å². The van der Waals surface area contributed by atoms with Gasteiger partial charge >= 0.3 is 6.18 Å². The summed E-state index contributed by atoms with van der Waals surface area (Å²) >= 11 is 0. The maximum atomic E-state index is 13.3. The van der Waals surface area contributed by atoms with Gasteiger partial charge in [-0.25, -0.2) is 0 Å². The van der Waals surface area contributed by atoms with Gasteiger partial charge in [-0.2, -0.15) is 18.2 Å². The SMILES string of the molecule is CN(C)c1ccc(-c2noc(CCN(C(=O)c3ccc(C(F)(F)F)cc3)C3CCCCC3)n2)cc1. The average molecular weight is 487 g/mol. The van der Waals surface area contributed by atoms with Crippen molar-refractivity contribution < 1.29 is 22.5 Å². The Morgan fingerprint density at radius 3 is 2.26 bits per heavy atom. The molecule has 0 saturated heterocycles. The molecular formula is C26H29F3N4O2. The van der Waals surface area contributed by atoms with Gasteiger partial charge in [-0.3, -0.25) is 4.79 Å². The Hall–Kier alpha value is -3.36. The number of rotatable bonds is 7. The van der Waals surface area contributed by atoms with Crippen LogP contribution < -0.4 is 4.90 Å². The zero-order valence-corrected chi connectivity index (χ0v) is 19.9. The monoisotopic (exact) mass is 486 g/mol. The van der Waals surface area contributed by atoms with E-state index in [9.17, 15) is 18.0 Å². The van der Waals surface area contributed by atoms with Gasteiger partial charge in [0.25, 0.3) is 5.91 Å². The highest BCUT2D eigenvalue weighted by atomic mass is 19.4. The van der Waals surface area contributed by atoms with Gasteiger partial charge in [0.1, 0.15) is 0 Å². The molecule has 1 aromatic heterocycles. The molecule has 6 nitrogen and oxygen atoms in total. The van der Waals surface area contributed by atoms with Gasteiger partial charge in [-0.05, 0) is 61.4 Å². The van der Waals surface area contributed by atoms with E-state index in [-0.39, 0.29) is 17.5 Å².